The number of sulfonamides is 1. The molecule has 1 heterocycles. The molecule has 0 unspecified atom stereocenters. The van der Waals surface area contributed by atoms with Gasteiger partial charge >= 0.3 is 0 Å². The van der Waals surface area contributed by atoms with E-state index < -0.39 is 26.6 Å². The van der Waals surface area contributed by atoms with E-state index in [0.717, 1.165) is 23.3 Å². The van der Waals surface area contributed by atoms with Crippen molar-refractivity contribution < 1.29 is 26.3 Å². The number of halogens is 3. The maximum absolute atomic E-state index is 14.1. The lowest BCUT2D eigenvalue weighted by Crippen LogP contribution is -2.15. The number of ether oxygens (including phenoxy) is 1. The molecule has 11 heteroatoms. The van der Waals surface area contributed by atoms with E-state index in [1.165, 1.54) is 25.3 Å². The van der Waals surface area contributed by atoms with Crippen LogP contribution in [0.1, 0.15) is 11.1 Å². The molecule has 0 radical (unpaired) electrons. The van der Waals surface area contributed by atoms with Gasteiger partial charge in [-0.25, -0.2) is 26.6 Å². The van der Waals surface area contributed by atoms with E-state index >= 15 is 0 Å². The molecule has 0 amide bonds. The second-order valence-corrected chi connectivity index (χ2v) is 9.95. The average Bonchev–Trinajstić information content (AvgIpc) is 2.86. The summed E-state index contributed by atoms with van der Waals surface area (Å²) in [7, 11) is -3.09. The summed E-state index contributed by atoms with van der Waals surface area (Å²) >= 11 is 0. The monoisotopic (exact) mass is 540 g/mol. The molecule has 3 aromatic carbocycles. The van der Waals surface area contributed by atoms with Gasteiger partial charge in [0.2, 0.25) is 5.88 Å². The lowest BCUT2D eigenvalue weighted by molar-refractivity contribution is 0.400. The van der Waals surface area contributed by atoms with E-state index in [2.05, 4.69) is 9.71 Å². The summed E-state index contributed by atoms with van der Waals surface area (Å²) in [5.74, 6) is -2.55. The minimum atomic E-state index is -4.39. The van der Waals surface area contributed by atoms with Crippen LogP contribution in [0.15, 0.2) is 83.4 Å². The smallest absolute Gasteiger partial charge is 0.264 e. The number of hydrogen-bond donors (Lipinski definition) is 3. The first-order chi connectivity index (χ1) is 18.1. The normalized spacial score (nSPS) is 11.8. The number of rotatable bonds is 8. The van der Waals surface area contributed by atoms with Gasteiger partial charge in [0.05, 0.1) is 12.8 Å². The van der Waals surface area contributed by atoms with Crippen LogP contribution in [0.25, 0.3) is 17.3 Å². The second-order valence-electron chi connectivity index (χ2n) is 8.29. The van der Waals surface area contributed by atoms with Gasteiger partial charge in [-0.15, -0.1) is 0 Å². The van der Waals surface area contributed by atoms with Crippen LogP contribution in [0, 0.1) is 17.5 Å². The summed E-state index contributed by atoms with van der Waals surface area (Å²) < 4.78 is 73.3. The highest BCUT2D eigenvalue weighted by Crippen LogP contribution is 2.31. The summed E-state index contributed by atoms with van der Waals surface area (Å²) in [4.78, 5) is 3.65. The number of benzene rings is 3. The first kappa shape index (κ1) is 26.6. The molecule has 4 aromatic rings. The molecule has 196 valence electrons. The molecular weight excluding hydrogens is 517 g/mol. The van der Waals surface area contributed by atoms with Gasteiger partial charge in [-0.1, -0.05) is 18.2 Å². The van der Waals surface area contributed by atoms with Crippen LogP contribution in [-0.2, 0) is 16.4 Å². The highest BCUT2D eigenvalue weighted by Gasteiger charge is 2.22. The number of nitrogens with one attached hydrogen (secondary N) is 1. The van der Waals surface area contributed by atoms with E-state index in [1.54, 1.807) is 42.5 Å². The van der Waals surface area contributed by atoms with Crippen molar-refractivity contribution in [1.82, 2.24) is 4.98 Å². The fourth-order valence-electron chi connectivity index (χ4n) is 3.69. The second kappa shape index (κ2) is 10.9. The Labute approximate surface area is 217 Å². The predicted molar refractivity (Wildman–Crippen MR) is 140 cm³/mol. The summed E-state index contributed by atoms with van der Waals surface area (Å²) in [6.45, 7) is 0. The molecule has 4 rings (SSSR count). The third-order valence-electron chi connectivity index (χ3n) is 5.54. The molecule has 1 aromatic heterocycles. The quantitative estimate of drug-likeness (QED) is 0.268. The summed E-state index contributed by atoms with van der Waals surface area (Å²) in [5, 5.41) is 0. The first-order valence-electron chi connectivity index (χ1n) is 11.2. The Morgan fingerprint density at radius 1 is 0.974 bits per heavy atom. The standard InChI is InChI=1S/C27H23F3N4O3S/c1-37-27-25(34-38(35,36)26-11-7-20(29)15-22(26)30)10-9-24(33-27)17-4-8-23(32)18(13-17)14-21(31)12-16-2-5-19(28)6-3-16/h2-13,15,34H,14,31-32H2,1H3/b21-12+. The van der Waals surface area contributed by atoms with Crippen LogP contribution < -0.4 is 20.9 Å². The van der Waals surface area contributed by atoms with Crippen molar-refractivity contribution >= 4 is 27.5 Å². The average molecular weight is 541 g/mol. The molecule has 0 fully saturated rings. The zero-order valence-electron chi connectivity index (χ0n) is 20.1. The van der Waals surface area contributed by atoms with Gasteiger partial charge in [0.15, 0.2) is 0 Å². The zero-order valence-corrected chi connectivity index (χ0v) is 20.9. The fourth-order valence-corrected chi connectivity index (χ4v) is 4.81. The van der Waals surface area contributed by atoms with E-state index in [9.17, 15) is 21.6 Å². The first-order valence-corrected chi connectivity index (χ1v) is 12.7. The highest BCUT2D eigenvalue weighted by atomic mass is 32.2. The Bertz CT molecular complexity index is 1630. The number of aromatic nitrogens is 1. The lowest BCUT2D eigenvalue weighted by atomic mass is 10.0. The molecule has 38 heavy (non-hydrogen) atoms. The van der Waals surface area contributed by atoms with Gasteiger partial charge < -0.3 is 16.2 Å². The van der Waals surface area contributed by atoms with E-state index in [4.69, 9.17) is 16.2 Å². The van der Waals surface area contributed by atoms with Gasteiger partial charge in [0.25, 0.3) is 10.0 Å². The Morgan fingerprint density at radius 2 is 1.68 bits per heavy atom. The number of methoxy groups -OCH3 is 1. The van der Waals surface area contributed by atoms with Crippen molar-refractivity contribution in [1.29, 1.82) is 0 Å². The van der Waals surface area contributed by atoms with E-state index in [-0.39, 0.29) is 17.4 Å². The third-order valence-corrected chi connectivity index (χ3v) is 6.94. The highest BCUT2D eigenvalue weighted by molar-refractivity contribution is 7.92. The molecule has 0 aliphatic rings. The maximum atomic E-state index is 14.1. The Balaban J connectivity index is 1.60. The third kappa shape index (κ3) is 6.06. The van der Waals surface area contributed by atoms with Crippen LogP contribution in [0.5, 0.6) is 5.88 Å². The number of nitrogens with two attached hydrogens (primary N) is 2. The number of pyridine rings is 1. The lowest BCUT2D eigenvalue weighted by Gasteiger charge is -2.14. The number of allylic oxidation sites excluding steroid dienone is 1. The molecular formula is C27H23F3N4O3S. The predicted octanol–water partition coefficient (Wildman–Crippen LogP) is 5.10. The van der Waals surface area contributed by atoms with Gasteiger partial charge in [-0.2, -0.15) is 0 Å². The van der Waals surface area contributed by atoms with Gasteiger partial charge in [0.1, 0.15) is 28.0 Å². The summed E-state index contributed by atoms with van der Waals surface area (Å²) in [5.41, 5.74) is 15.9. The van der Waals surface area contributed by atoms with Crippen LogP contribution >= 0.6 is 0 Å². The SMILES string of the molecule is COc1nc(-c2ccc(N)c(C/C(N)=C\c3ccc(F)cc3)c2)ccc1NS(=O)(=O)c1ccc(F)cc1F. The van der Waals surface area contributed by atoms with Crippen LogP contribution in [-0.4, -0.2) is 20.5 Å². The molecule has 7 nitrogen and oxygen atoms in total. The molecule has 0 spiro atoms. The molecule has 0 saturated carbocycles. The Morgan fingerprint density at radius 3 is 2.37 bits per heavy atom. The minimum absolute atomic E-state index is 0.0397. The molecule has 0 atom stereocenters. The van der Waals surface area contributed by atoms with Gasteiger partial charge in [-0.05, 0) is 65.7 Å². The van der Waals surface area contributed by atoms with Gasteiger partial charge in [-0.3, -0.25) is 4.72 Å². The number of hydrogen-bond acceptors (Lipinski definition) is 6. The summed E-state index contributed by atoms with van der Waals surface area (Å²) in [6, 6.07) is 16.2. The number of nitrogen functional groups attached to an aromatic ring is 1. The van der Waals surface area contributed by atoms with Crippen molar-refractivity contribution in [2.75, 3.05) is 17.6 Å². The molecule has 0 aliphatic heterocycles. The van der Waals surface area contributed by atoms with Crippen LogP contribution in [0.4, 0.5) is 24.5 Å². The van der Waals surface area contributed by atoms with Crippen molar-refractivity contribution in [2.45, 2.75) is 11.3 Å². The molecule has 0 aliphatic carbocycles. The van der Waals surface area contributed by atoms with Crippen molar-refractivity contribution in [3.63, 3.8) is 0 Å². The Hall–Kier alpha value is -4.51. The fraction of sp³-hybridized carbons (Fsp3) is 0.0741. The summed E-state index contributed by atoms with van der Waals surface area (Å²) in [6.07, 6.45) is 2.03. The van der Waals surface area contributed by atoms with Crippen molar-refractivity contribution in [3.05, 3.63) is 107 Å². The van der Waals surface area contributed by atoms with E-state index in [0.29, 0.717) is 35.1 Å². The van der Waals surface area contributed by atoms with Crippen molar-refractivity contribution in [2.24, 2.45) is 5.73 Å². The minimum Gasteiger partial charge on any atom is -0.479 e. The van der Waals surface area contributed by atoms with E-state index in [1.807, 2.05) is 0 Å². The molecule has 0 bridgehead atoms. The Kier molecular flexibility index (Phi) is 7.58. The molecule has 0 saturated heterocycles. The largest absolute Gasteiger partial charge is 0.479 e. The number of nitrogens with zero attached hydrogens (tertiary/aromatic N) is 1. The topological polar surface area (TPSA) is 120 Å². The van der Waals surface area contributed by atoms with Crippen molar-refractivity contribution in [3.8, 4) is 17.1 Å². The molecule has 5 N–H and O–H groups in total. The number of anilines is 2. The maximum Gasteiger partial charge on any atom is 0.264 e. The van der Waals surface area contributed by atoms with Crippen LogP contribution in [0.2, 0.25) is 0 Å². The van der Waals surface area contributed by atoms with Crippen LogP contribution in [0.3, 0.4) is 0 Å². The zero-order chi connectivity index (χ0) is 27.4. The van der Waals surface area contributed by atoms with Gasteiger partial charge in [0, 0.05) is 29.4 Å².